The fourth-order valence-corrected chi connectivity index (χ4v) is 2.63. The zero-order valence-corrected chi connectivity index (χ0v) is 12.6. The zero-order chi connectivity index (χ0) is 14.5. The lowest BCUT2D eigenvalue weighted by Crippen LogP contribution is -2.05. The lowest BCUT2D eigenvalue weighted by molar-refractivity contribution is 0.0526. The summed E-state index contributed by atoms with van der Waals surface area (Å²) in [5, 5.41) is 3.96. The van der Waals surface area contributed by atoms with Crippen LogP contribution in [0.1, 0.15) is 34.8 Å². The molecule has 0 spiro atoms. The Morgan fingerprint density at radius 3 is 2.75 bits per heavy atom. The third-order valence-corrected chi connectivity index (χ3v) is 3.67. The van der Waals surface area contributed by atoms with Gasteiger partial charge in [-0.05, 0) is 32.4 Å². The summed E-state index contributed by atoms with van der Waals surface area (Å²) in [6.07, 6.45) is 2.42. The maximum Gasteiger partial charge on any atom is 0.339 e. The Morgan fingerprint density at radius 1 is 1.40 bits per heavy atom. The third-order valence-electron chi connectivity index (χ3n) is 2.74. The zero-order valence-electron chi connectivity index (χ0n) is 11.8. The summed E-state index contributed by atoms with van der Waals surface area (Å²) >= 11 is 1.60. The summed E-state index contributed by atoms with van der Waals surface area (Å²) < 4.78 is 4.91. The van der Waals surface area contributed by atoms with Gasteiger partial charge >= 0.3 is 5.97 Å². The maximum atomic E-state index is 11.5. The minimum Gasteiger partial charge on any atom is -0.462 e. The molecule has 0 aliphatic rings. The van der Waals surface area contributed by atoms with Crippen LogP contribution in [-0.2, 0) is 11.2 Å². The molecule has 2 aromatic rings. The van der Waals surface area contributed by atoms with Crippen LogP contribution in [-0.4, -0.2) is 22.5 Å². The van der Waals surface area contributed by atoms with Gasteiger partial charge in [0, 0.05) is 11.1 Å². The highest BCUT2D eigenvalue weighted by atomic mass is 32.1. The minimum absolute atomic E-state index is 0.357. The van der Waals surface area contributed by atoms with Crippen molar-refractivity contribution in [3.63, 3.8) is 0 Å². The van der Waals surface area contributed by atoms with Crippen LogP contribution in [0.25, 0.3) is 0 Å². The largest absolute Gasteiger partial charge is 0.462 e. The maximum absolute atomic E-state index is 11.5. The first-order valence-corrected chi connectivity index (χ1v) is 7.32. The van der Waals surface area contributed by atoms with E-state index in [2.05, 4.69) is 29.1 Å². The Labute approximate surface area is 122 Å². The van der Waals surface area contributed by atoms with E-state index in [0.717, 1.165) is 17.2 Å². The molecule has 0 aliphatic heterocycles. The molecule has 1 N–H and O–H groups in total. The molecule has 0 fully saturated rings. The van der Waals surface area contributed by atoms with E-state index in [-0.39, 0.29) is 5.97 Å². The molecule has 106 valence electrons. The van der Waals surface area contributed by atoms with Crippen LogP contribution in [0.15, 0.2) is 18.3 Å². The monoisotopic (exact) mass is 291 g/mol. The molecule has 0 saturated heterocycles. The Bertz CT molecular complexity index is 593. The van der Waals surface area contributed by atoms with E-state index in [9.17, 15) is 4.79 Å². The standard InChI is InChI=1S/C14H17N3O2S/c1-4-11-9(3)20-14(16-11)17-12-7-6-10(8-15-12)13(18)19-5-2/h6-8H,4-5H2,1-3H3,(H,15,16,17). The first-order chi connectivity index (χ1) is 9.63. The number of hydrogen-bond acceptors (Lipinski definition) is 6. The average molecular weight is 291 g/mol. The van der Waals surface area contributed by atoms with Gasteiger partial charge in [-0.15, -0.1) is 11.3 Å². The van der Waals surface area contributed by atoms with E-state index in [4.69, 9.17) is 4.74 Å². The smallest absolute Gasteiger partial charge is 0.339 e. The lowest BCUT2D eigenvalue weighted by Gasteiger charge is -2.03. The van der Waals surface area contributed by atoms with E-state index in [0.29, 0.717) is 18.0 Å². The number of anilines is 2. The van der Waals surface area contributed by atoms with Gasteiger partial charge in [-0.1, -0.05) is 6.92 Å². The Balaban J connectivity index is 2.08. The predicted octanol–water partition coefficient (Wildman–Crippen LogP) is 3.33. The predicted molar refractivity (Wildman–Crippen MR) is 79.7 cm³/mol. The van der Waals surface area contributed by atoms with Crippen LogP contribution in [0.4, 0.5) is 10.9 Å². The molecule has 0 atom stereocenters. The molecule has 2 rings (SSSR count). The van der Waals surface area contributed by atoms with Crippen LogP contribution < -0.4 is 5.32 Å². The van der Waals surface area contributed by atoms with E-state index >= 15 is 0 Å². The van der Waals surface area contributed by atoms with Crippen molar-refractivity contribution in [1.82, 2.24) is 9.97 Å². The summed E-state index contributed by atoms with van der Waals surface area (Å²) in [6, 6.07) is 3.43. The Kier molecular flexibility index (Phi) is 4.68. The van der Waals surface area contributed by atoms with Crippen molar-refractivity contribution < 1.29 is 9.53 Å². The highest BCUT2D eigenvalue weighted by molar-refractivity contribution is 7.15. The van der Waals surface area contributed by atoms with E-state index in [1.807, 2.05) is 0 Å². The Morgan fingerprint density at radius 2 is 2.20 bits per heavy atom. The summed E-state index contributed by atoms with van der Waals surface area (Å²) in [7, 11) is 0. The van der Waals surface area contributed by atoms with Gasteiger partial charge in [0.1, 0.15) is 5.82 Å². The number of nitrogens with zero attached hydrogens (tertiary/aromatic N) is 2. The van der Waals surface area contributed by atoms with Crippen LogP contribution in [0.2, 0.25) is 0 Å². The molecule has 0 saturated carbocycles. The molecule has 20 heavy (non-hydrogen) atoms. The van der Waals surface area contributed by atoms with Crippen molar-refractivity contribution in [2.45, 2.75) is 27.2 Å². The number of pyridine rings is 1. The molecule has 0 aromatic carbocycles. The fraction of sp³-hybridized carbons (Fsp3) is 0.357. The fourth-order valence-electron chi connectivity index (χ4n) is 1.72. The van der Waals surface area contributed by atoms with Gasteiger partial charge in [-0.25, -0.2) is 14.8 Å². The van der Waals surface area contributed by atoms with Crippen LogP contribution in [0.5, 0.6) is 0 Å². The number of aryl methyl sites for hydroxylation is 2. The van der Waals surface area contributed by atoms with Crippen molar-refractivity contribution in [1.29, 1.82) is 0 Å². The van der Waals surface area contributed by atoms with E-state index in [1.54, 1.807) is 30.4 Å². The third kappa shape index (κ3) is 3.33. The lowest BCUT2D eigenvalue weighted by atomic mass is 10.3. The quantitative estimate of drug-likeness (QED) is 0.856. The van der Waals surface area contributed by atoms with Crippen LogP contribution in [0.3, 0.4) is 0 Å². The molecule has 0 radical (unpaired) electrons. The van der Waals surface area contributed by atoms with Gasteiger partial charge in [0.2, 0.25) is 0 Å². The number of rotatable bonds is 5. The average Bonchev–Trinajstić information content (AvgIpc) is 2.80. The summed E-state index contributed by atoms with van der Waals surface area (Å²) in [4.78, 5) is 21.4. The number of nitrogens with one attached hydrogen (secondary N) is 1. The van der Waals surface area contributed by atoms with Crippen molar-refractivity contribution in [2.24, 2.45) is 0 Å². The van der Waals surface area contributed by atoms with Crippen molar-refractivity contribution >= 4 is 28.3 Å². The van der Waals surface area contributed by atoms with Gasteiger partial charge in [-0.3, -0.25) is 0 Å². The van der Waals surface area contributed by atoms with Crippen LogP contribution in [0, 0.1) is 6.92 Å². The molecule has 6 heteroatoms. The number of carbonyl (C=O) groups excluding carboxylic acids is 1. The van der Waals surface area contributed by atoms with Crippen molar-refractivity contribution in [3.8, 4) is 0 Å². The molecule has 0 amide bonds. The second-order valence-electron chi connectivity index (χ2n) is 4.15. The molecule has 2 heterocycles. The summed E-state index contributed by atoms with van der Waals surface area (Å²) in [5.74, 6) is 0.305. The van der Waals surface area contributed by atoms with E-state index < -0.39 is 0 Å². The van der Waals surface area contributed by atoms with E-state index in [1.165, 1.54) is 11.1 Å². The second-order valence-corrected chi connectivity index (χ2v) is 5.36. The van der Waals surface area contributed by atoms with Gasteiger partial charge < -0.3 is 10.1 Å². The molecule has 0 unspecified atom stereocenters. The molecule has 5 nitrogen and oxygen atoms in total. The van der Waals surface area contributed by atoms with Gasteiger partial charge in [0.25, 0.3) is 0 Å². The highest BCUT2D eigenvalue weighted by Crippen LogP contribution is 2.24. The first-order valence-electron chi connectivity index (χ1n) is 6.50. The number of thiazole rings is 1. The summed E-state index contributed by atoms with van der Waals surface area (Å²) in [5.41, 5.74) is 1.54. The number of esters is 1. The van der Waals surface area contributed by atoms with Crippen molar-refractivity contribution in [3.05, 3.63) is 34.5 Å². The Hall–Kier alpha value is -1.95. The first kappa shape index (κ1) is 14.5. The SMILES string of the molecule is CCOC(=O)c1ccc(Nc2nc(CC)c(C)s2)nc1. The van der Waals surface area contributed by atoms with Gasteiger partial charge in [0.15, 0.2) is 5.13 Å². The molecular weight excluding hydrogens is 274 g/mol. The number of carbonyl (C=O) groups is 1. The van der Waals surface area contributed by atoms with Gasteiger partial charge in [0.05, 0.1) is 17.9 Å². The number of hydrogen-bond donors (Lipinski definition) is 1. The second kappa shape index (κ2) is 6.47. The molecular formula is C14H17N3O2S. The number of aromatic nitrogens is 2. The summed E-state index contributed by atoms with van der Waals surface area (Å²) in [6.45, 7) is 6.27. The minimum atomic E-state index is -0.357. The highest BCUT2D eigenvalue weighted by Gasteiger charge is 2.09. The molecule has 0 bridgehead atoms. The van der Waals surface area contributed by atoms with Crippen LogP contribution >= 0.6 is 11.3 Å². The normalized spacial score (nSPS) is 10.3. The molecule has 2 aromatic heterocycles. The topological polar surface area (TPSA) is 64.1 Å². The van der Waals surface area contributed by atoms with Gasteiger partial charge in [-0.2, -0.15) is 0 Å². The van der Waals surface area contributed by atoms with Crippen molar-refractivity contribution in [2.75, 3.05) is 11.9 Å². The number of ether oxygens (including phenoxy) is 1. The molecule has 0 aliphatic carbocycles.